The summed E-state index contributed by atoms with van der Waals surface area (Å²) in [7, 11) is -4.03. The van der Waals surface area contributed by atoms with Crippen molar-refractivity contribution in [1.82, 2.24) is 4.31 Å². The van der Waals surface area contributed by atoms with E-state index in [2.05, 4.69) is 0 Å². The summed E-state index contributed by atoms with van der Waals surface area (Å²) in [6.07, 6.45) is -0.633. The zero-order valence-corrected chi connectivity index (χ0v) is 12.7. The fourth-order valence-corrected chi connectivity index (χ4v) is 3.96. The Morgan fingerprint density at radius 1 is 1.22 bits per heavy atom. The predicted molar refractivity (Wildman–Crippen MR) is 80.0 cm³/mol. The van der Waals surface area contributed by atoms with Gasteiger partial charge in [0.05, 0.1) is 11.3 Å². The average Bonchev–Trinajstić information content (AvgIpc) is 2.88. The van der Waals surface area contributed by atoms with Crippen LogP contribution in [0, 0.1) is 0 Å². The van der Waals surface area contributed by atoms with Crippen LogP contribution in [0.2, 0.25) is 0 Å². The number of nitrogens with zero attached hydrogens (tertiary/aromatic N) is 1. The SMILES string of the molecule is O=C(O)C[C@@H]1C(=O)OCN1S(=O)(=O)c1ccc2ccccc2c1. The molecule has 0 aromatic heterocycles. The lowest BCUT2D eigenvalue weighted by atomic mass is 10.1. The van der Waals surface area contributed by atoms with Crippen LogP contribution >= 0.6 is 0 Å². The van der Waals surface area contributed by atoms with Crippen LogP contribution < -0.4 is 0 Å². The van der Waals surface area contributed by atoms with Crippen molar-refractivity contribution in [3.05, 3.63) is 42.5 Å². The lowest BCUT2D eigenvalue weighted by Gasteiger charge is -2.18. The topological polar surface area (TPSA) is 101 Å². The second-order valence-corrected chi connectivity index (χ2v) is 7.00. The summed E-state index contributed by atoms with van der Waals surface area (Å²) >= 11 is 0. The molecular weight excluding hydrogens is 322 g/mol. The highest BCUT2D eigenvalue weighted by Gasteiger charge is 2.43. The van der Waals surface area contributed by atoms with E-state index in [0.717, 1.165) is 15.1 Å². The van der Waals surface area contributed by atoms with Crippen LogP contribution in [0.25, 0.3) is 10.8 Å². The van der Waals surface area contributed by atoms with Crippen molar-refractivity contribution in [3.63, 3.8) is 0 Å². The van der Waals surface area contributed by atoms with Crippen LogP contribution in [-0.4, -0.2) is 42.5 Å². The molecule has 1 aliphatic heterocycles. The number of rotatable bonds is 4. The third-order valence-corrected chi connectivity index (χ3v) is 5.48. The molecule has 0 saturated carbocycles. The molecule has 1 saturated heterocycles. The second kappa shape index (κ2) is 5.64. The number of sulfonamides is 1. The summed E-state index contributed by atoms with van der Waals surface area (Å²) in [5.74, 6) is -2.12. The van der Waals surface area contributed by atoms with E-state index in [9.17, 15) is 18.0 Å². The molecule has 1 N–H and O–H groups in total. The number of ether oxygens (including phenoxy) is 1. The smallest absolute Gasteiger partial charge is 0.326 e. The molecular formula is C15H13NO6S. The molecule has 0 bridgehead atoms. The molecule has 2 aromatic carbocycles. The van der Waals surface area contributed by atoms with Crippen LogP contribution in [-0.2, 0) is 24.3 Å². The fraction of sp³-hybridized carbons (Fsp3) is 0.200. The molecule has 3 rings (SSSR count). The fourth-order valence-electron chi connectivity index (χ4n) is 2.48. The first kappa shape index (κ1) is 15.4. The number of carbonyl (C=O) groups excluding carboxylic acids is 1. The molecule has 120 valence electrons. The number of hydrogen-bond donors (Lipinski definition) is 1. The predicted octanol–water partition coefficient (Wildman–Crippen LogP) is 1.19. The van der Waals surface area contributed by atoms with E-state index >= 15 is 0 Å². The maximum absolute atomic E-state index is 12.7. The summed E-state index contributed by atoms with van der Waals surface area (Å²) in [6.45, 7) is -0.480. The Morgan fingerprint density at radius 3 is 2.61 bits per heavy atom. The molecule has 8 heteroatoms. The van der Waals surface area contributed by atoms with E-state index in [1.165, 1.54) is 12.1 Å². The minimum atomic E-state index is -4.03. The Balaban J connectivity index is 2.02. The van der Waals surface area contributed by atoms with Crippen LogP contribution in [0.4, 0.5) is 0 Å². The number of hydrogen-bond acceptors (Lipinski definition) is 5. The van der Waals surface area contributed by atoms with Crippen LogP contribution in [0.5, 0.6) is 0 Å². The first-order chi connectivity index (χ1) is 10.9. The van der Waals surface area contributed by atoms with Crippen molar-refractivity contribution in [2.45, 2.75) is 17.4 Å². The highest BCUT2D eigenvalue weighted by Crippen LogP contribution is 2.27. The average molecular weight is 335 g/mol. The molecule has 7 nitrogen and oxygen atoms in total. The zero-order chi connectivity index (χ0) is 16.6. The summed E-state index contributed by atoms with van der Waals surface area (Å²) in [5.41, 5.74) is 0. The number of aliphatic carboxylic acids is 1. The van der Waals surface area contributed by atoms with Gasteiger partial charge in [-0.05, 0) is 22.9 Å². The van der Waals surface area contributed by atoms with Crippen molar-refractivity contribution in [3.8, 4) is 0 Å². The summed E-state index contributed by atoms with van der Waals surface area (Å²) in [4.78, 5) is 22.5. The normalized spacial score (nSPS) is 19.0. The van der Waals surface area contributed by atoms with Gasteiger partial charge in [0, 0.05) is 0 Å². The van der Waals surface area contributed by atoms with Crippen molar-refractivity contribution in [1.29, 1.82) is 0 Å². The number of benzene rings is 2. The number of cyclic esters (lactones) is 1. The van der Waals surface area contributed by atoms with E-state index in [1.54, 1.807) is 18.2 Å². The molecule has 1 aliphatic rings. The zero-order valence-electron chi connectivity index (χ0n) is 11.9. The first-order valence-corrected chi connectivity index (χ1v) is 8.23. The summed E-state index contributed by atoms with van der Waals surface area (Å²) < 4.78 is 30.9. The van der Waals surface area contributed by atoms with Gasteiger partial charge in [-0.1, -0.05) is 30.3 Å². The molecule has 0 unspecified atom stereocenters. The van der Waals surface area contributed by atoms with Crippen molar-refractivity contribution in [2.24, 2.45) is 0 Å². The minimum absolute atomic E-state index is 0.00936. The van der Waals surface area contributed by atoms with Crippen molar-refractivity contribution < 1.29 is 27.9 Å². The van der Waals surface area contributed by atoms with Gasteiger partial charge in [0.15, 0.2) is 6.73 Å². The Hall–Kier alpha value is -2.45. The molecule has 0 aliphatic carbocycles. The van der Waals surface area contributed by atoms with Gasteiger partial charge in [-0.2, -0.15) is 0 Å². The molecule has 0 spiro atoms. The maximum atomic E-state index is 12.7. The number of carboxylic acids is 1. The highest BCUT2D eigenvalue weighted by atomic mass is 32.2. The van der Waals surface area contributed by atoms with Gasteiger partial charge in [0.25, 0.3) is 0 Å². The number of carbonyl (C=O) groups is 2. The lowest BCUT2D eigenvalue weighted by molar-refractivity contribution is -0.144. The van der Waals surface area contributed by atoms with E-state index in [-0.39, 0.29) is 4.90 Å². The Bertz CT molecular complexity index is 892. The largest absolute Gasteiger partial charge is 0.481 e. The molecule has 1 heterocycles. The molecule has 2 aromatic rings. The Morgan fingerprint density at radius 2 is 1.91 bits per heavy atom. The Labute approximate surface area is 132 Å². The van der Waals surface area contributed by atoms with E-state index in [1.807, 2.05) is 12.1 Å². The monoisotopic (exact) mass is 335 g/mol. The van der Waals surface area contributed by atoms with Gasteiger partial charge in [0.2, 0.25) is 10.0 Å². The van der Waals surface area contributed by atoms with Gasteiger partial charge in [0.1, 0.15) is 6.04 Å². The van der Waals surface area contributed by atoms with Gasteiger partial charge >= 0.3 is 11.9 Å². The van der Waals surface area contributed by atoms with E-state index in [4.69, 9.17) is 9.84 Å². The molecule has 0 radical (unpaired) electrons. The van der Waals surface area contributed by atoms with Crippen LogP contribution in [0.3, 0.4) is 0 Å². The third kappa shape index (κ3) is 2.78. The van der Waals surface area contributed by atoms with Crippen LogP contribution in [0.1, 0.15) is 6.42 Å². The Kier molecular flexibility index (Phi) is 3.78. The minimum Gasteiger partial charge on any atom is -0.481 e. The van der Waals surface area contributed by atoms with Crippen molar-refractivity contribution in [2.75, 3.05) is 6.73 Å². The first-order valence-electron chi connectivity index (χ1n) is 6.78. The maximum Gasteiger partial charge on any atom is 0.326 e. The third-order valence-electron chi connectivity index (χ3n) is 3.65. The van der Waals surface area contributed by atoms with Gasteiger partial charge in [-0.15, -0.1) is 4.31 Å². The van der Waals surface area contributed by atoms with Crippen LogP contribution in [0.15, 0.2) is 47.4 Å². The number of fused-ring (bicyclic) bond motifs is 1. The summed E-state index contributed by atoms with van der Waals surface area (Å²) in [6, 6.07) is 10.5. The van der Waals surface area contributed by atoms with E-state index < -0.39 is 41.2 Å². The number of carboxylic acid groups (broad SMARTS) is 1. The molecule has 1 atom stereocenters. The van der Waals surface area contributed by atoms with Gasteiger partial charge in [-0.25, -0.2) is 8.42 Å². The van der Waals surface area contributed by atoms with Gasteiger partial charge in [-0.3, -0.25) is 9.59 Å². The molecule has 0 amide bonds. The van der Waals surface area contributed by atoms with Gasteiger partial charge < -0.3 is 9.84 Å². The quantitative estimate of drug-likeness (QED) is 0.842. The molecule has 1 fully saturated rings. The standard InChI is InChI=1S/C15H13NO6S/c17-14(18)8-13-15(19)22-9-16(13)23(20,21)12-6-5-10-3-1-2-4-11(10)7-12/h1-7,13H,8-9H2,(H,17,18)/t13-/m1/s1. The van der Waals surface area contributed by atoms with Crippen molar-refractivity contribution >= 4 is 32.7 Å². The second-order valence-electron chi connectivity index (χ2n) is 5.11. The molecule has 23 heavy (non-hydrogen) atoms. The summed E-state index contributed by atoms with van der Waals surface area (Å²) in [5, 5.41) is 10.5. The number of esters is 1. The highest BCUT2D eigenvalue weighted by molar-refractivity contribution is 7.89. The van der Waals surface area contributed by atoms with E-state index in [0.29, 0.717) is 0 Å². The lowest BCUT2D eigenvalue weighted by Crippen LogP contribution is -2.39.